The number of rotatable bonds is 5. The van der Waals surface area contributed by atoms with E-state index in [0.717, 1.165) is 27.9 Å². The number of fused-ring (bicyclic) bond motifs is 1. The average molecular weight is 383 g/mol. The summed E-state index contributed by atoms with van der Waals surface area (Å²) in [5.74, 6) is 0.588. The molecule has 0 radical (unpaired) electrons. The third-order valence-electron chi connectivity index (χ3n) is 4.43. The van der Waals surface area contributed by atoms with Crippen molar-refractivity contribution in [3.8, 4) is 11.5 Å². The maximum absolute atomic E-state index is 10.8. The van der Waals surface area contributed by atoms with Gasteiger partial charge in [-0.05, 0) is 48.4 Å². The van der Waals surface area contributed by atoms with Crippen LogP contribution in [0.5, 0.6) is 0 Å². The molecule has 0 saturated carbocycles. The number of benzene rings is 3. The Kier molecular flexibility index (Phi) is 4.99. The van der Waals surface area contributed by atoms with Gasteiger partial charge < -0.3 is 4.42 Å². The Bertz CT molecular complexity index is 1260. The van der Waals surface area contributed by atoms with E-state index in [2.05, 4.69) is 9.98 Å². The van der Waals surface area contributed by atoms with Gasteiger partial charge in [-0.25, -0.2) is 4.98 Å². The van der Waals surface area contributed by atoms with Gasteiger partial charge in [-0.2, -0.15) is 0 Å². The summed E-state index contributed by atoms with van der Waals surface area (Å²) in [6.07, 6.45) is 5.15. The molecule has 0 saturated heterocycles. The Morgan fingerprint density at radius 2 is 1.93 bits per heavy atom. The highest BCUT2D eigenvalue weighted by atomic mass is 16.6. The number of hydrogen-bond donors (Lipinski definition) is 0. The van der Waals surface area contributed by atoms with Crippen molar-refractivity contribution in [1.29, 1.82) is 0 Å². The predicted molar refractivity (Wildman–Crippen MR) is 114 cm³/mol. The van der Waals surface area contributed by atoms with E-state index in [1.165, 1.54) is 12.1 Å². The second kappa shape index (κ2) is 7.90. The van der Waals surface area contributed by atoms with Crippen molar-refractivity contribution in [3.63, 3.8) is 0 Å². The first-order valence-corrected chi connectivity index (χ1v) is 9.02. The van der Waals surface area contributed by atoms with Gasteiger partial charge in [0.1, 0.15) is 5.52 Å². The van der Waals surface area contributed by atoms with Crippen molar-refractivity contribution >= 4 is 34.8 Å². The van der Waals surface area contributed by atoms with E-state index < -0.39 is 4.92 Å². The van der Waals surface area contributed by atoms with Crippen molar-refractivity contribution in [1.82, 2.24) is 4.98 Å². The molecule has 142 valence electrons. The summed E-state index contributed by atoms with van der Waals surface area (Å²) in [7, 11) is 0. The summed E-state index contributed by atoms with van der Waals surface area (Å²) in [6, 6.07) is 19.9. The fraction of sp³-hybridized carbons (Fsp3) is 0.0435. The molecule has 0 fully saturated rings. The lowest BCUT2D eigenvalue weighted by Gasteiger charge is -1.98. The molecule has 3 aromatic carbocycles. The number of aliphatic imine (C=N–C) groups is 1. The van der Waals surface area contributed by atoms with Crippen LogP contribution in [0.1, 0.15) is 11.1 Å². The number of aromatic nitrogens is 1. The molecule has 0 bridgehead atoms. The number of oxazole rings is 1. The first-order valence-electron chi connectivity index (χ1n) is 9.02. The SMILES string of the molecule is Cc1ccccc1-c1nc2cc(N=C/C=C\c3cccc([N+](=O)[O-])c3)ccc2o1. The first kappa shape index (κ1) is 18.3. The maximum atomic E-state index is 10.8. The molecule has 4 rings (SSSR count). The Balaban J connectivity index is 1.53. The molecule has 0 aliphatic carbocycles. The molecule has 4 aromatic rings. The van der Waals surface area contributed by atoms with Gasteiger partial charge in [-0.1, -0.05) is 36.4 Å². The maximum Gasteiger partial charge on any atom is 0.270 e. The lowest BCUT2D eigenvalue weighted by atomic mass is 10.1. The number of aryl methyl sites for hydroxylation is 1. The van der Waals surface area contributed by atoms with Gasteiger partial charge >= 0.3 is 0 Å². The number of nitro benzene ring substituents is 1. The highest BCUT2D eigenvalue weighted by Crippen LogP contribution is 2.28. The number of non-ortho nitro benzene ring substituents is 1. The number of nitrogens with zero attached hydrogens (tertiary/aromatic N) is 3. The molecular formula is C23H17N3O3. The molecule has 6 nitrogen and oxygen atoms in total. The van der Waals surface area contributed by atoms with Crippen LogP contribution in [0.15, 0.2) is 82.2 Å². The van der Waals surface area contributed by atoms with Crippen LogP contribution >= 0.6 is 0 Å². The Labute approximate surface area is 167 Å². The second-order valence-corrected chi connectivity index (χ2v) is 6.48. The van der Waals surface area contributed by atoms with Crippen molar-refractivity contribution in [2.75, 3.05) is 0 Å². The van der Waals surface area contributed by atoms with Crippen LogP contribution in [0.3, 0.4) is 0 Å². The summed E-state index contributed by atoms with van der Waals surface area (Å²) in [6.45, 7) is 2.02. The minimum absolute atomic E-state index is 0.0602. The van der Waals surface area contributed by atoms with E-state index in [4.69, 9.17) is 4.42 Å². The topological polar surface area (TPSA) is 81.5 Å². The van der Waals surface area contributed by atoms with Crippen LogP contribution in [-0.2, 0) is 0 Å². The van der Waals surface area contributed by atoms with Crippen molar-refractivity contribution in [2.24, 2.45) is 4.99 Å². The monoisotopic (exact) mass is 383 g/mol. The zero-order valence-electron chi connectivity index (χ0n) is 15.6. The lowest BCUT2D eigenvalue weighted by Crippen LogP contribution is -1.87. The molecule has 0 spiro atoms. The molecule has 1 heterocycles. The Hall–Kier alpha value is -4.06. The molecular weight excluding hydrogens is 366 g/mol. The van der Waals surface area contributed by atoms with Crippen LogP contribution in [0.2, 0.25) is 0 Å². The molecule has 6 heteroatoms. The normalized spacial score (nSPS) is 11.6. The van der Waals surface area contributed by atoms with Gasteiger partial charge in [0.05, 0.1) is 10.6 Å². The van der Waals surface area contributed by atoms with Gasteiger partial charge in [0.25, 0.3) is 5.69 Å². The lowest BCUT2D eigenvalue weighted by molar-refractivity contribution is -0.384. The van der Waals surface area contributed by atoms with E-state index in [1.54, 1.807) is 30.5 Å². The summed E-state index contributed by atoms with van der Waals surface area (Å²) in [4.78, 5) is 19.4. The van der Waals surface area contributed by atoms with E-state index >= 15 is 0 Å². The van der Waals surface area contributed by atoms with Crippen LogP contribution < -0.4 is 0 Å². The number of nitro groups is 1. The molecule has 0 aliphatic rings. The summed E-state index contributed by atoms with van der Waals surface area (Å²) < 4.78 is 5.87. The minimum Gasteiger partial charge on any atom is -0.436 e. The number of hydrogen-bond acceptors (Lipinski definition) is 5. The minimum atomic E-state index is -0.413. The molecule has 0 unspecified atom stereocenters. The van der Waals surface area contributed by atoms with Crippen LogP contribution in [0.25, 0.3) is 28.6 Å². The van der Waals surface area contributed by atoms with Crippen LogP contribution in [0.4, 0.5) is 11.4 Å². The van der Waals surface area contributed by atoms with E-state index in [9.17, 15) is 10.1 Å². The molecule has 0 aliphatic heterocycles. The molecule has 29 heavy (non-hydrogen) atoms. The largest absolute Gasteiger partial charge is 0.436 e. The molecule has 0 N–H and O–H groups in total. The smallest absolute Gasteiger partial charge is 0.270 e. The summed E-state index contributed by atoms with van der Waals surface area (Å²) in [5.41, 5.74) is 5.04. The fourth-order valence-corrected chi connectivity index (χ4v) is 2.95. The van der Waals surface area contributed by atoms with Gasteiger partial charge in [-0.3, -0.25) is 15.1 Å². The van der Waals surface area contributed by atoms with E-state index in [-0.39, 0.29) is 5.69 Å². The zero-order chi connectivity index (χ0) is 20.2. The third kappa shape index (κ3) is 4.11. The summed E-state index contributed by atoms with van der Waals surface area (Å²) in [5, 5.41) is 10.8. The van der Waals surface area contributed by atoms with E-state index in [0.29, 0.717) is 11.5 Å². The summed E-state index contributed by atoms with van der Waals surface area (Å²) >= 11 is 0. The Morgan fingerprint density at radius 1 is 1.07 bits per heavy atom. The van der Waals surface area contributed by atoms with Crippen molar-refractivity contribution < 1.29 is 9.34 Å². The van der Waals surface area contributed by atoms with Gasteiger partial charge in [-0.15, -0.1) is 0 Å². The van der Waals surface area contributed by atoms with Gasteiger partial charge in [0, 0.05) is 23.9 Å². The molecule has 1 aromatic heterocycles. The van der Waals surface area contributed by atoms with Crippen molar-refractivity contribution in [3.05, 3.63) is 94.0 Å². The fourth-order valence-electron chi connectivity index (χ4n) is 2.95. The van der Waals surface area contributed by atoms with E-state index in [1.807, 2.05) is 49.4 Å². The van der Waals surface area contributed by atoms with Gasteiger partial charge in [0.2, 0.25) is 5.89 Å². The standard InChI is InChI=1S/C23H17N3O3/c1-16-6-2-3-10-20(16)23-25-21-15-18(11-12-22(21)29-23)24-13-5-8-17-7-4-9-19(14-17)26(27)28/h2-15H,1H3/b8-5-,24-13?. The Morgan fingerprint density at radius 3 is 2.76 bits per heavy atom. The third-order valence-corrected chi connectivity index (χ3v) is 4.43. The highest BCUT2D eigenvalue weighted by molar-refractivity contribution is 5.84. The highest BCUT2D eigenvalue weighted by Gasteiger charge is 2.10. The van der Waals surface area contributed by atoms with Crippen LogP contribution in [0, 0.1) is 17.0 Å². The zero-order valence-corrected chi connectivity index (χ0v) is 15.6. The predicted octanol–water partition coefficient (Wildman–Crippen LogP) is 6.13. The number of allylic oxidation sites excluding steroid dienone is 1. The van der Waals surface area contributed by atoms with Gasteiger partial charge in [0.15, 0.2) is 5.58 Å². The van der Waals surface area contributed by atoms with Crippen molar-refractivity contribution in [2.45, 2.75) is 6.92 Å². The average Bonchev–Trinajstić information content (AvgIpc) is 3.15. The van der Waals surface area contributed by atoms with Crippen LogP contribution in [-0.4, -0.2) is 16.1 Å². The first-order chi connectivity index (χ1) is 14.1. The quantitative estimate of drug-likeness (QED) is 0.236. The molecule has 0 amide bonds. The molecule has 0 atom stereocenters. The second-order valence-electron chi connectivity index (χ2n) is 6.48.